The first-order chi connectivity index (χ1) is 14.0. The summed E-state index contributed by atoms with van der Waals surface area (Å²) in [6, 6.07) is 6.10. The molecule has 0 amide bonds. The molecule has 1 aliphatic heterocycles. The SMILES string of the molecule is Cc1onc([C@H]2CC[C@H](c3nnc4n3-c3ccc(Cl)cc3CN(C)C4)CC2)c1Cl. The van der Waals surface area contributed by atoms with Crippen LogP contribution in [0.2, 0.25) is 10.0 Å². The predicted molar refractivity (Wildman–Crippen MR) is 112 cm³/mol. The summed E-state index contributed by atoms with van der Waals surface area (Å²) in [4.78, 5) is 2.25. The molecule has 8 heteroatoms. The quantitative estimate of drug-likeness (QED) is 0.553. The number of hydrogen-bond donors (Lipinski definition) is 0. The topological polar surface area (TPSA) is 60.0 Å². The van der Waals surface area contributed by atoms with Crippen molar-refractivity contribution >= 4 is 23.2 Å². The Labute approximate surface area is 179 Å². The molecule has 5 rings (SSSR count). The maximum absolute atomic E-state index is 6.38. The Bertz CT molecular complexity index is 1050. The third kappa shape index (κ3) is 3.37. The van der Waals surface area contributed by atoms with Gasteiger partial charge in [-0.25, -0.2) is 0 Å². The molecule has 0 atom stereocenters. The van der Waals surface area contributed by atoms with Gasteiger partial charge in [0.05, 0.1) is 12.2 Å². The van der Waals surface area contributed by atoms with Crippen LogP contribution in [0.5, 0.6) is 0 Å². The van der Waals surface area contributed by atoms with Crippen molar-refractivity contribution < 1.29 is 4.52 Å². The van der Waals surface area contributed by atoms with E-state index in [1.807, 2.05) is 13.0 Å². The maximum atomic E-state index is 6.38. The largest absolute Gasteiger partial charge is 0.360 e. The first-order valence-corrected chi connectivity index (χ1v) is 10.8. The van der Waals surface area contributed by atoms with Crippen molar-refractivity contribution in [2.24, 2.45) is 0 Å². The van der Waals surface area contributed by atoms with Gasteiger partial charge in [-0.2, -0.15) is 0 Å². The van der Waals surface area contributed by atoms with E-state index in [2.05, 4.69) is 44.0 Å². The zero-order valence-corrected chi connectivity index (χ0v) is 18.0. The molecular formula is C21H23Cl2N5O. The second kappa shape index (κ2) is 7.42. The van der Waals surface area contributed by atoms with Crippen LogP contribution >= 0.6 is 23.2 Å². The van der Waals surface area contributed by atoms with Gasteiger partial charge in [0, 0.05) is 23.4 Å². The molecule has 0 unspecified atom stereocenters. The molecule has 29 heavy (non-hydrogen) atoms. The molecule has 0 saturated heterocycles. The number of nitrogens with zero attached hydrogens (tertiary/aromatic N) is 5. The van der Waals surface area contributed by atoms with Crippen molar-refractivity contribution in [3.05, 3.63) is 56.9 Å². The predicted octanol–water partition coefficient (Wildman–Crippen LogP) is 5.26. The van der Waals surface area contributed by atoms with E-state index in [1.54, 1.807) is 0 Å². The summed E-state index contributed by atoms with van der Waals surface area (Å²) in [5.41, 5.74) is 3.26. The highest BCUT2D eigenvalue weighted by atomic mass is 35.5. The van der Waals surface area contributed by atoms with Gasteiger partial charge in [0.1, 0.15) is 16.5 Å². The van der Waals surface area contributed by atoms with E-state index in [9.17, 15) is 0 Å². The molecule has 6 nitrogen and oxygen atoms in total. The molecule has 3 aromatic rings. The molecule has 1 aromatic carbocycles. The Balaban J connectivity index is 1.45. The number of aryl methyl sites for hydroxylation is 1. The third-order valence-electron chi connectivity index (χ3n) is 6.18. The highest BCUT2D eigenvalue weighted by Gasteiger charge is 2.32. The number of benzene rings is 1. The number of hydrogen-bond acceptors (Lipinski definition) is 5. The minimum absolute atomic E-state index is 0.347. The van der Waals surface area contributed by atoms with Crippen molar-refractivity contribution in [1.29, 1.82) is 0 Å². The van der Waals surface area contributed by atoms with E-state index in [0.29, 0.717) is 22.6 Å². The molecule has 0 bridgehead atoms. The van der Waals surface area contributed by atoms with E-state index in [-0.39, 0.29) is 0 Å². The summed E-state index contributed by atoms with van der Waals surface area (Å²) < 4.78 is 7.53. The first kappa shape index (κ1) is 19.1. The lowest BCUT2D eigenvalue weighted by atomic mass is 9.80. The van der Waals surface area contributed by atoms with E-state index in [4.69, 9.17) is 27.7 Å². The van der Waals surface area contributed by atoms with Crippen LogP contribution in [0.3, 0.4) is 0 Å². The Kier molecular flexibility index (Phi) is 4.88. The van der Waals surface area contributed by atoms with Crippen LogP contribution in [0.25, 0.3) is 5.69 Å². The summed E-state index contributed by atoms with van der Waals surface area (Å²) in [7, 11) is 2.10. The zero-order valence-electron chi connectivity index (χ0n) is 16.5. The van der Waals surface area contributed by atoms with Gasteiger partial charge in [-0.05, 0) is 63.4 Å². The Hall–Kier alpha value is -1.89. The Morgan fingerprint density at radius 2 is 1.79 bits per heavy atom. The lowest BCUT2D eigenvalue weighted by Gasteiger charge is -2.27. The van der Waals surface area contributed by atoms with Crippen LogP contribution in [-0.4, -0.2) is 31.9 Å². The Morgan fingerprint density at radius 1 is 1.03 bits per heavy atom. The zero-order chi connectivity index (χ0) is 20.1. The average molecular weight is 432 g/mol. The van der Waals surface area contributed by atoms with E-state index < -0.39 is 0 Å². The monoisotopic (exact) mass is 431 g/mol. The molecule has 1 aliphatic carbocycles. The highest BCUT2D eigenvalue weighted by molar-refractivity contribution is 6.31. The molecule has 1 fully saturated rings. The summed E-state index contributed by atoms with van der Waals surface area (Å²) in [5.74, 6) is 3.46. The van der Waals surface area contributed by atoms with Gasteiger partial charge in [0.25, 0.3) is 0 Å². The standard InChI is InChI=1S/C21H23Cl2N5O/c1-12-19(23)20(26-29-12)13-3-5-14(6-4-13)21-25-24-18-11-27(2)10-15-9-16(22)7-8-17(15)28(18)21/h7-9,13-14H,3-6,10-11H2,1-2H3/t13-,14-. The van der Waals surface area contributed by atoms with Crippen molar-refractivity contribution in [2.75, 3.05) is 7.05 Å². The normalized spacial score (nSPS) is 22.2. The molecule has 2 aromatic heterocycles. The fourth-order valence-electron chi connectivity index (χ4n) is 4.70. The molecule has 0 radical (unpaired) electrons. The van der Waals surface area contributed by atoms with E-state index in [1.165, 1.54) is 5.56 Å². The molecular weight excluding hydrogens is 409 g/mol. The van der Waals surface area contributed by atoms with Crippen LogP contribution < -0.4 is 0 Å². The molecule has 2 aliphatic rings. The van der Waals surface area contributed by atoms with Gasteiger partial charge in [0.15, 0.2) is 11.6 Å². The number of halogens is 2. The smallest absolute Gasteiger partial charge is 0.152 e. The fraction of sp³-hybridized carbons (Fsp3) is 0.476. The second-order valence-corrected chi connectivity index (χ2v) is 9.06. The van der Waals surface area contributed by atoms with Crippen LogP contribution in [0.4, 0.5) is 0 Å². The summed E-state index contributed by atoms with van der Waals surface area (Å²) in [6.45, 7) is 3.47. The average Bonchev–Trinajstić information content (AvgIpc) is 3.22. The van der Waals surface area contributed by atoms with Gasteiger partial charge in [0.2, 0.25) is 0 Å². The fourth-order valence-corrected chi connectivity index (χ4v) is 5.12. The lowest BCUT2D eigenvalue weighted by molar-refractivity contribution is 0.315. The van der Waals surface area contributed by atoms with Crippen molar-refractivity contribution in [1.82, 2.24) is 24.8 Å². The summed E-state index contributed by atoms with van der Waals surface area (Å²) >= 11 is 12.6. The minimum atomic E-state index is 0.347. The van der Waals surface area contributed by atoms with Crippen LogP contribution in [0, 0.1) is 6.92 Å². The molecule has 3 heterocycles. The van der Waals surface area contributed by atoms with Crippen molar-refractivity contribution in [3.8, 4) is 5.69 Å². The number of rotatable bonds is 2. The molecule has 0 spiro atoms. The third-order valence-corrected chi connectivity index (χ3v) is 6.88. The first-order valence-electron chi connectivity index (χ1n) is 10.0. The lowest BCUT2D eigenvalue weighted by Crippen LogP contribution is -2.17. The molecule has 1 saturated carbocycles. The van der Waals surface area contributed by atoms with E-state index in [0.717, 1.165) is 66.8 Å². The van der Waals surface area contributed by atoms with Gasteiger partial charge in [-0.3, -0.25) is 9.47 Å². The molecule has 152 valence electrons. The van der Waals surface area contributed by atoms with Gasteiger partial charge in [-0.15, -0.1) is 10.2 Å². The van der Waals surface area contributed by atoms with Crippen molar-refractivity contribution in [2.45, 2.75) is 57.5 Å². The van der Waals surface area contributed by atoms with E-state index >= 15 is 0 Å². The summed E-state index contributed by atoms with van der Waals surface area (Å²) in [6.07, 6.45) is 4.10. The number of aromatic nitrogens is 4. The highest BCUT2D eigenvalue weighted by Crippen LogP contribution is 2.43. The summed E-state index contributed by atoms with van der Waals surface area (Å²) in [5, 5.41) is 14.8. The Morgan fingerprint density at radius 3 is 2.52 bits per heavy atom. The number of fused-ring (bicyclic) bond motifs is 3. The second-order valence-electron chi connectivity index (χ2n) is 8.24. The maximum Gasteiger partial charge on any atom is 0.152 e. The van der Waals surface area contributed by atoms with Crippen LogP contribution in [0.1, 0.15) is 66.2 Å². The van der Waals surface area contributed by atoms with Crippen molar-refractivity contribution in [3.63, 3.8) is 0 Å². The van der Waals surface area contributed by atoms with Gasteiger partial charge in [-0.1, -0.05) is 28.4 Å². The van der Waals surface area contributed by atoms with Crippen LogP contribution in [0.15, 0.2) is 22.7 Å². The minimum Gasteiger partial charge on any atom is -0.360 e. The van der Waals surface area contributed by atoms with Gasteiger partial charge >= 0.3 is 0 Å². The van der Waals surface area contributed by atoms with Crippen LogP contribution in [-0.2, 0) is 13.1 Å². The molecule has 0 N–H and O–H groups in total. The van der Waals surface area contributed by atoms with Gasteiger partial charge < -0.3 is 4.52 Å².